The monoisotopic (exact) mass is 474 g/mol. The summed E-state index contributed by atoms with van der Waals surface area (Å²) in [6, 6.07) is 14.9. The Hall–Kier alpha value is -3.30. The van der Waals surface area contributed by atoms with Crippen molar-refractivity contribution in [2.24, 2.45) is 0 Å². The third-order valence-electron chi connectivity index (χ3n) is 4.86. The first kappa shape index (κ1) is 24.3. The summed E-state index contributed by atoms with van der Waals surface area (Å²) in [6.45, 7) is 3.95. The molecule has 6 nitrogen and oxygen atoms in total. The molecule has 0 aromatic heterocycles. The van der Waals surface area contributed by atoms with Crippen molar-refractivity contribution in [1.82, 2.24) is 4.72 Å². The molecule has 1 atom stereocenters. The van der Waals surface area contributed by atoms with Gasteiger partial charge in [0.15, 0.2) is 0 Å². The van der Waals surface area contributed by atoms with Crippen LogP contribution in [0.3, 0.4) is 0 Å². The van der Waals surface area contributed by atoms with E-state index in [9.17, 15) is 22.0 Å². The van der Waals surface area contributed by atoms with Gasteiger partial charge in [0, 0.05) is 0 Å². The molecule has 174 valence electrons. The summed E-state index contributed by atoms with van der Waals surface area (Å²) in [7, 11) is -4.15. The highest BCUT2D eigenvalue weighted by atomic mass is 32.2. The van der Waals surface area contributed by atoms with Crippen LogP contribution in [0, 0.1) is 18.6 Å². The molecule has 33 heavy (non-hydrogen) atoms. The van der Waals surface area contributed by atoms with E-state index >= 15 is 0 Å². The normalized spacial score (nSPS) is 12.2. The second-order valence-corrected chi connectivity index (χ2v) is 9.02. The van der Waals surface area contributed by atoms with Crippen LogP contribution in [0.5, 0.6) is 5.75 Å². The van der Waals surface area contributed by atoms with Crippen LogP contribution < -0.4 is 14.8 Å². The van der Waals surface area contributed by atoms with E-state index in [0.717, 1.165) is 12.1 Å². The molecule has 2 N–H and O–H groups in total. The molecule has 0 aliphatic heterocycles. The number of carbonyl (C=O) groups excluding carboxylic acids is 1. The van der Waals surface area contributed by atoms with Crippen molar-refractivity contribution in [3.8, 4) is 5.75 Å². The zero-order valence-electron chi connectivity index (χ0n) is 18.1. The summed E-state index contributed by atoms with van der Waals surface area (Å²) in [5, 5.41) is 2.17. The highest BCUT2D eigenvalue weighted by Gasteiger charge is 2.28. The van der Waals surface area contributed by atoms with E-state index in [0.29, 0.717) is 23.5 Å². The summed E-state index contributed by atoms with van der Waals surface area (Å²) in [5.41, 5.74) is 0.631. The summed E-state index contributed by atoms with van der Waals surface area (Å²) >= 11 is 0. The minimum Gasteiger partial charge on any atom is -0.494 e. The third-order valence-corrected chi connectivity index (χ3v) is 6.33. The Morgan fingerprint density at radius 3 is 2.27 bits per heavy atom. The largest absolute Gasteiger partial charge is 0.494 e. The van der Waals surface area contributed by atoms with Crippen LogP contribution in [0.4, 0.5) is 14.5 Å². The standard InChI is InChI=1S/C24H24F2N2O4S/c1-3-32-22-13-12-18(14-16(22)2)33(30,31)28-21(15-17-8-5-4-6-9-17)24(29)27-23-19(25)10-7-11-20(23)26/h4-14,21,28H,3,15H2,1-2H3,(H,27,29)/t21-/m0/s1. The minimum absolute atomic E-state index is 0.0298. The molecule has 0 aliphatic carbocycles. The van der Waals surface area contributed by atoms with E-state index in [-0.39, 0.29) is 11.3 Å². The van der Waals surface area contributed by atoms with Crippen LogP contribution in [-0.4, -0.2) is 27.0 Å². The number of anilines is 1. The molecule has 3 aromatic rings. The molecule has 0 radical (unpaired) electrons. The van der Waals surface area contributed by atoms with Gasteiger partial charge in [-0.15, -0.1) is 0 Å². The van der Waals surface area contributed by atoms with Crippen molar-refractivity contribution in [1.29, 1.82) is 0 Å². The molecule has 1 amide bonds. The van der Waals surface area contributed by atoms with Gasteiger partial charge in [-0.1, -0.05) is 36.4 Å². The van der Waals surface area contributed by atoms with Gasteiger partial charge in [-0.2, -0.15) is 4.72 Å². The number of hydrogen-bond acceptors (Lipinski definition) is 4. The molecular weight excluding hydrogens is 450 g/mol. The third kappa shape index (κ3) is 6.15. The zero-order chi connectivity index (χ0) is 24.0. The topological polar surface area (TPSA) is 84.5 Å². The maximum Gasteiger partial charge on any atom is 0.243 e. The number of ether oxygens (including phenoxy) is 1. The molecule has 3 rings (SSSR count). The second-order valence-electron chi connectivity index (χ2n) is 7.31. The molecule has 0 saturated heterocycles. The number of carbonyl (C=O) groups is 1. The fourth-order valence-electron chi connectivity index (χ4n) is 3.23. The Bertz CT molecular complexity index is 1210. The minimum atomic E-state index is -4.15. The summed E-state index contributed by atoms with van der Waals surface area (Å²) in [4.78, 5) is 12.9. The van der Waals surface area contributed by atoms with Gasteiger partial charge in [-0.05, 0) is 61.7 Å². The predicted molar refractivity (Wildman–Crippen MR) is 122 cm³/mol. The Morgan fingerprint density at radius 1 is 1.00 bits per heavy atom. The van der Waals surface area contributed by atoms with Crippen LogP contribution in [0.2, 0.25) is 0 Å². The first-order valence-electron chi connectivity index (χ1n) is 10.3. The molecule has 0 fully saturated rings. The van der Waals surface area contributed by atoms with Crippen LogP contribution in [0.25, 0.3) is 0 Å². The molecule has 9 heteroatoms. The van der Waals surface area contributed by atoms with Gasteiger partial charge in [-0.3, -0.25) is 4.79 Å². The molecule has 0 bridgehead atoms. The van der Waals surface area contributed by atoms with Crippen LogP contribution in [0.15, 0.2) is 71.6 Å². The molecule has 0 spiro atoms. The van der Waals surface area contributed by atoms with Crippen molar-refractivity contribution in [3.63, 3.8) is 0 Å². The summed E-state index contributed by atoms with van der Waals surface area (Å²) < 4.78 is 62.0. The maximum absolute atomic E-state index is 14.0. The van der Waals surface area contributed by atoms with Crippen molar-refractivity contribution in [2.75, 3.05) is 11.9 Å². The average Bonchev–Trinajstić information content (AvgIpc) is 2.78. The van der Waals surface area contributed by atoms with Gasteiger partial charge >= 0.3 is 0 Å². The zero-order valence-corrected chi connectivity index (χ0v) is 19.0. The van der Waals surface area contributed by atoms with Crippen LogP contribution in [0.1, 0.15) is 18.1 Å². The van der Waals surface area contributed by atoms with Crippen molar-refractivity contribution < 1.29 is 26.7 Å². The van der Waals surface area contributed by atoms with Gasteiger partial charge in [0.2, 0.25) is 15.9 Å². The number of amides is 1. The first-order chi connectivity index (χ1) is 15.7. The maximum atomic E-state index is 14.0. The number of hydrogen-bond donors (Lipinski definition) is 2. The quantitative estimate of drug-likeness (QED) is 0.487. The number of rotatable bonds is 9. The lowest BCUT2D eigenvalue weighted by Crippen LogP contribution is -2.45. The fraction of sp³-hybridized carbons (Fsp3) is 0.208. The highest BCUT2D eigenvalue weighted by molar-refractivity contribution is 7.89. The Kier molecular flexibility index (Phi) is 7.78. The lowest BCUT2D eigenvalue weighted by atomic mass is 10.1. The number of sulfonamides is 1. The molecule has 0 saturated carbocycles. The number of aryl methyl sites for hydroxylation is 1. The molecular formula is C24H24F2N2O4S. The summed E-state index contributed by atoms with van der Waals surface area (Å²) in [5.74, 6) is -2.28. The fourth-order valence-corrected chi connectivity index (χ4v) is 4.51. The van der Waals surface area contributed by atoms with E-state index in [1.54, 1.807) is 37.3 Å². The van der Waals surface area contributed by atoms with E-state index < -0.39 is 39.3 Å². The lowest BCUT2D eigenvalue weighted by molar-refractivity contribution is -0.117. The SMILES string of the molecule is CCOc1ccc(S(=O)(=O)N[C@@H](Cc2ccccc2)C(=O)Nc2c(F)cccc2F)cc1C. The number of nitrogens with one attached hydrogen (secondary N) is 2. The van der Waals surface area contributed by atoms with Gasteiger partial charge in [0.1, 0.15) is 29.1 Å². The average molecular weight is 475 g/mol. The molecule has 0 aliphatic rings. The Morgan fingerprint density at radius 2 is 1.67 bits per heavy atom. The van der Waals surface area contributed by atoms with Gasteiger partial charge in [0.25, 0.3) is 0 Å². The van der Waals surface area contributed by atoms with Crippen molar-refractivity contribution in [3.05, 3.63) is 89.5 Å². The molecule has 0 heterocycles. The van der Waals surface area contributed by atoms with E-state index in [2.05, 4.69) is 10.0 Å². The van der Waals surface area contributed by atoms with E-state index in [1.807, 2.05) is 6.92 Å². The van der Waals surface area contributed by atoms with Crippen LogP contribution in [-0.2, 0) is 21.2 Å². The smallest absolute Gasteiger partial charge is 0.243 e. The van der Waals surface area contributed by atoms with Gasteiger partial charge in [-0.25, -0.2) is 17.2 Å². The van der Waals surface area contributed by atoms with Crippen LogP contribution >= 0.6 is 0 Å². The van der Waals surface area contributed by atoms with Gasteiger partial charge < -0.3 is 10.1 Å². The Balaban J connectivity index is 1.90. The van der Waals surface area contributed by atoms with E-state index in [4.69, 9.17) is 4.74 Å². The molecule has 3 aromatic carbocycles. The van der Waals surface area contributed by atoms with Crippen molar-refractivity contribution in [2.45, 2.75) is 31.2 Å². The number of para-hydroxylation sites is 1. The number of benzene rings is 3. The highest BCUT2D eigenvalue weighted by Crippen LogP contribution is 2.23. The van der Waals surface area contributed by atoms with Crippen molar-refractivity contribution >= 4 is 21.6 Å². The Labute approximate surface area is 191 Å². The lowest BCUT2D eigenvalue weighted by Gasteiger charge is -2.20. The second kappa shape index (κ2) is 10.5. The number of halogens is 2. The van der Waals surface area contributed by atoms with E-state index in [1.165, 1.54) is 24.3 Å². The predicted octanol–water partition coefficient (Wildman–Crippen LogP) is 4.20. The molecule has 0 unspecified atom stereocenters. The summed E-state index contributed by atoms with van der Waals surface area (Å²) in [6.07, 6.45) is -0.0298. The first-order valence-corrected chi connectivity index (χ1v) is 11.7. The van der Waals surface area contributed by atoms with Gasteiger partial charge in [0.05, 0.1) is 11.5 Å².